The largest absolute Gasteiger partial charge is 0.477 e. The highest BCUT2D eigenvalue weighted by molar-refractivity contribution is 8.00. The maximum atomic E-state index is 12.2. The first-order valence-corrected chi connectivity index (χ1v) is 8.25. The van der Waals surface area contributed by atoms with Crippen LogP contribution in [0.15, 0.2) is 23.2 Å². The summed E-state index contributed by atoms with van der Waals surface area (Å²) in [6, 6.07) is 3.24. The molecule has 0 aromatic carbocycles. The number of likely N-dealkylation sites (tertiary alicyclic amines) is 1. The first kappa shape index (κ1) is 15.8. The molecule has 1 aliphatic heterocycles. The van der Waals surface area contributed by atoms with Crippen LogP contribution in [-0.4, -0.2) is 45.7 Å². The first-order chi connectivity index (χ1) is 10.2. The van der Waals surface area contributed by atoms with E-state index in [0.717, 1.165) is 30.8 Å². The second-order valence-electron chi connectivity index (χ2n) is 5.12. The third-order valence-corrected chi connectivity index (χ3v) is 4.50. The number of rotatable bonds is 4. The molecule has 0 spiro atoms. The molecule has 1 aliphatic rings. The van der Waals surface area contributed by atoms with Crippen molar-refractivity contribution in [3.8, 4) is 0 Å². The molecule has 1 fully saturated rings. The second kappa shape index (κ2) is 8.02. The van der Waals surface area contributed by atoms with Crippen LogP contribution < -0.4 is 0 Å². The fraction of sp³-hybridized carbons (Fsp3) is 0.533. The molecule has 0 aliphatic carbocycles. The third kappa shape index (κ3) is 5.04. The number of carboxylic acid groups (broad SMARTS) is 1. The Balaban J connectivity index is 1.87. The summed E-state index contributed by atoms with van der Waals surface area (Å²) in [7, 11) is 0. The van der Waals surface area contributed by atoms with Gasteiger partial charge >= 0.3 is 5.97 Å². The van der Waals surface area contributed by atoms with Crippen molar-refractivity contribution in [3.63, 3.8) is 0 Å². The Morgan fingerprint density at radius 2 is 1.86 bits per heavy atom. The number of carbonyl (C=O) groups excluding carboxylic acids is 1. The van der Waals surface area contributed by atoms with Crippen molar-refractivity contribution >= 4 is 23.6 Å². The lowest BCUT2D eigenvalue weighted by molar-refractivity contribution is -0.128. The summed E-state index contributed by atoms with van der Waals surface area (Å²) < 4.78 is 0. The zero-order valence-electron chi connectivity index (χ0n) is 12.0. The van der Waals surface area contributed by atoms with Crippen LogP contribution in [0.4, 0.5) is 0 Å². The van der Waals surface area contributed by atoms with Crippen molar-refractivity contribution in [2.75, 3.05) is 18.8 Å². The van der Waals surface area contributed by atoms with Crippen molar-refractivity contribution in [1.82, 2.24) is 9.88 Å². The molecular weight excluding hydrogens is 288 g/mol. The molecule has 1 saturated heterocycles. The smallest absolute Gasteiger partial charge is 0.354 e. The van der Waals surface area contributed by atoms with Crippen LogP contribution in [0, 0.1) is 0 Å². The number of carbonyl (C=O) groups is 2. The molecule has 0 atom stereocenters. The zero-order valence-corrected chi connectivity index (χ0v) is 12.8. The second-order valence-corrected chi connectivity index (χ2v) is 6.17. The maximum absolute atomic E-state index is 12.2. The highest BCUT2D eigenvalue weighted by Crippen LogP contribution is 2.19. The number of carboxylic acids is 1. The van der Waals surface area contributed by atoms with E-state index in [1.807, 2.05) is 4.90 Å². The van der Waals surface area contributed by atoms with Gasteiger partial charge in [0.25, 0.3) is 0 Å². The molecule has 1 aromatic heterocycles. The molecule has 2 rings (SSSR count). The molecule has 21 heavy (non-hydrogen) atoms. The van der Waals surface area contributed by atoms with Crippen molar-refractivity contribution < 1.29 is 14.7 Å². The number of amides is 1. The topological polar surface area (TPSA) is 70.5 Å². The van der Waals surface area contributed by atoms with Crippen LogP contribution in [-0.2, 0) is 4.79 Å². The molecule has 1 amide bonds. The highest BCUT2D eigenvalue weighted by Gasteiger charge is 2.15. The minimum atomic E-state index is -1.05. The van der Waals surface area contributed by atoms with Gasteiger partial charge in [0.1, 0.15) is 5.69 Å². The Kier molecular flexibility index (Phi) is 6.04. The fourth-order valence-electron chi connectivity index (χ4n) is 2.35. The maximum Gasteiger partial charge on any atom is 0.354 e. The molecule has 5 nitrogen and oxygen atoms in total. The van der Waals surface area contributed by atoms with Gasteiger partial charge in [0, 0.05) is 24.2 Å². The first-order valence-electron chi connectivity index (χ1n) is 7.27. The summed E-state index contributed by atoms with van der Waals surface area (Å²) in [5, 5.41) is 8.90. The average molecular weight is 308 g/mol. The van der Waals surface area contributed by atoms with Crippen LogP contribution in [0.25, 0.3) is 0 Å². The van der Waals surface area contributed by atoms with E-state index >= 15 is 0 Å². The van der Waals surface area contributed by atoms with E-state index in [2.05, 4.69) is 4.98 Å². The summed E-state index contributed by atoms with van der Waals surface area (Å²) in [6.07, 6.45) is 7.29. The van der Waals surface area contributed by atoms with Gasteiger partial charge in [-0.1, -0.05) is 19.3 Å². The van der Waals surface area contributed by atoms with Crippen molar-refractivity contribution in [1.29, 1.82) is 0 Å². The lowest BCUT2D eigenvalue weighted by Crippen LogP contribution is -2.35. The fourth-order valence-corrected chi connectivity index (χ4v) is 3.18. The normalized spacial score (nSPS) is 16.1. The summed E-state index contributed by atoms with van der Waals surface area (Å²) in [5.74, 6) is -0.563. The number of pyridine rings is 1. The predicted molar refractivity (Wildman–Crippen MR) is 81.6 cm³/mol. The summed E-state index contributed by atoms with van der Waals surface area (Å²) in [6.45, 7) is 1.69. The van der Waals surface area contributed by atoms with Crippen LogP contribution in [0.3, 0.4) is 0 Å². The van der Waals surface area contributed by atoms with Crippen LogP contribution in [0.2, 0.25) is 0 Å². The van der Waals surface area contributed by atoms with Gasteiger partial charge in [-0.15, -0.1) is 11.8 Å². The Labute approximate surface area is 128 Å². The number of thioether (sulfide) groups is 1. The van der Waals surface area contributed by atoms with Crippen LogP contribution in [0.5, 0.6) is 0 Å². The minimum Gasteiger partial charge on any atom is -0.477 e. The molecule has 0 bridgehead atoms. The molecule has 2 heterocycles. The monoisotopic (exact) mass is 308 g/mol. The molecule has 1 aromatic rings. The van der Waals surface area contributed by atoms with E-state index in [1.54, 1.807) is 6.07 Å². The van der Waals surface area contributed by atoms with Crippen molar-refractivity contribution in [2.24, 2.45) is 0 Å². The predicted octanol–water partition coefficient (Wildman–Crippen LogP) is 2.66. The third-order valence-electron chi connectivity index (χ3n) is 3.52. The Bertz CT molecular complexity index is 499. The van der Waals surface area contributed by atoms with Gasteiger partial charge in [-0.3, -0.25) is 4.79 Å². The summed E-state index contributed by atoms with van der Waals surface area (Å²) in [4.78, 5) is 29.6. The lowest BCUT2D eigenvalue weighted by atomic mass is 10.1. The van der Waals surface area contributed by atoms with E-state index < -0.39 is 5.97 Å². The number of hydrogen-bond donors (Lipinski definition) is 1. The van der Waals surface area contributed by atoms with Gasteiger partial charge in [-0.05, 0) is 25.0 Å². The Morgan fingerprint density at radius 1 is 1.19 bits per heavy atom. The number of hydrogen-bond acceptors (Lipinski definition) is 4. The van der Waals surface area contributed by atoms with Crippen LogP contribution >= 0.6 is 11.8 Å². The van der Waals surface area contributed by atoms with E-state index in [9.17, 15) is 9.59 Å². The molecule has 0 unspecified atom stereocenters. The summed E-state index contributed by atoms with van der Waals surface area (Å²) >= 11 is 1.37. The Morgan fingerprint density at radius 3 is 2.52 bits per heavy atom. The van der Waals surface area contributed by atoms with Crippen LogP contribution in [0.1, 0.15) is 42.6 Å². The molecule has 0 saturated carbocycles. The summed E-state index contributed by atoms with van der Waals surface area (Å²) in [5.41, 5.74) is 0.0127. The highest BCUT2D eigenvalue weighted by atomic mass is 32.2. The van der Waals surface area contributed by atoms with Crippen molar-refractivity contribution in [3.05, 3.63) is 24.0 Å². The average Bonchev–Trinajstić information content (AvgIpc) is 2.44. The van der Waals surface area contributed by atoms with E-state index in [-0.39, 0.29) is 11.6 Å². The minimum absolute atomic E-state index is 0.0127. The number of nitrogens with zero attached hydrogens (tertiary/aromatic N) is 2. The van der Waals surface area contributed by atoms with Gasteiger partial charge in [0.05, 0.1) is 5.75 Å². The molecular formula is C15H20N2O3S. The van der Waals surface area contributed by atoms with Crippen molar-refractivity contribution in [2.45, 2.75) is 37.0 Å². The van der Waals surface area contributed by atoms with Gasteiger partial charge in [-0.2, -0.15) is 0 Å². The van der Waals surface area contributed by atoms with E-state index in [1.165, 1.54) is 43.3 Å². The molecule has 0 radical (unpaired) electrons. The van der Waals surface area contributed by atoms with E-state index in [4.69, 9.17) is 5.11 Å². The van der Waals surface area contributed by atoms with Gasteiger partial charge < -0.3 is 10.0 Å². The molecule has 114 valence electrons. The quantitative estimate of drug-likeness (QED) is 0.866. The lowest BCUT2D eigenvalue weighted by Gasteiger charge is -2.24. The van der Waals surface area contributed by atoms with Gasteiger partial charge in [-0.25, -0.2) is 9.78 Å². The zero-order chi connectivity index (χ0) is 15.1. The molecule has 1 N–H and O–H groups in total. The standard InChI is InChI=1S/C15H20N2O3S/c18-14(17-8-4-2-1-3-5-9-17)11-21-12-6-7-16-13(10-12)15(19)20/h6-7,10H,1-5,8-9,11H2,(H,19,20). The SMILES string of the molecule is O=C(O)c1cc(SCC(=O)N2CCCCCCC2)ccn1. The number of aromatic nitrogens is 1. The van der Waals surface area contributed by atoms with Gasteiger partial charge in [0.15, 0.2) is 0 Å². The molecule has 6 heteroatoms. The van der Waals surface area contributed by atoms with Gasteiger partial charge in [0.2, 0.25) is 5.91 Å². The number of aromatic carboxylic acids is 1. The Hall–Kier alpha value is -1.56. The van der Waals surface area contributed by atoms with E-state index in [0.29, 0.717) is 5.75 Å².